The Kier molecular flexibility index (Phi) is 5.56. The zero-order valence-corrected chi connectivity index (χ0v) is 9.66. The van der Waals surface area contributed by atoms with E-state index < -0.39 is 10.1 Å². The van der Waals surface area contributed by atoms with Gasteiger partial charge in [0.05, 0.1) is 12.4 Å². The minimum atomic E-state index is -3.66. The number of rotatable bonds is 2. The first-order valence-corrected chi connectivity index (χ1v) is 6.07. The first-order chi connectivity index (χ1) is 6.39. The van der Waals surface area contributed by atoms with E-state index in [1.54, 1.807) is 0 Å². The monoisotopic (exact) mass is 222 g/mol. The molecule has 0 spiro atoms. The molecule has 0 aromatic rings. The van der Waals surface area contributed by atoms with Crippen LogP contribution in [-0.4, -0.2) is 48.8 Å². The van der Waals surface area contributed by atoms with Crippen molar-refractivity contribution in [1.29, 1.82) is 0 Å². The number of hydrogen-bond acceptors (Lipinski definition) is 4. The van der Waals surface area contributed by atoms with Gasteiger partial charge >= 0.3 is 0 Å². The molecule has 1 heterocycles. The van der Waals surface area contributed by atoms with Gasteiger partial charge in [-0.05, 0) is 13.8 Å². The molecule has 0 fully saturated rings. The average Bonchev–Trinajstić information content (AvgIpc) is 2.51. The molecular formula is C8H18N2O3S. The number of hydrogen-bond donors (Lipinski definition) is 1. The van der Waals surface area contributed by atoms with Crippen LogP contribution in [0.3, 0.4) is 0 Å². The molecule has 6 heteroatoms. The smallest absolute Gasteiger partial charge is 0.264 e. The average molecular weight is 222 g/mol. The van der Waals surface area contributed by atoms with Gasteiger partial charge in [-0.1, -0.05) is 0 Å². The minimum absolute atomic E-state index is 0.201. The van der Waals surface area contributed by atoms with Crippen LogP contribution < -0.4 is 0 Å². The Morgan fingerprint density at radius 2 is 1.86 bits per heavy atom. The van der Waals surface area contributed by atoms with Crippen LogP contribution in [0.15, 0.2) is 12.4 Å². The topological polar surface area (TPSA) is 60.9 Å². The molecule has 0 saturated heterocycles. The third kappa shape index (κ3) is 6.73. The molecule has 14 heavy (non-hydrogen) atoms. The summed E-state index contributed by atoms with van der Waals surface area (Å²) in [5.41, 5.74) is 0. The van der Waals surface area contributed by atoms with Crippen LogP contribution in [0.5, 0.6) is 0 Å². The Hall–Kier alpha value is -0.750. The van der Waals surface area contributed by atoms with Crippen molar-refractivity contribution in [2.75, 3.05) is 26.0 Å². The Labute approximate surface area is 85.8 Å². The van der Waals surface area contributed by atoms with E-state index in [9.17, 15) is 8.42 Å². The van der Waals surface area contributed by atoms with Gasteiger partial charge in [-0.25, -0.2) is 0 Å². The van der Waals surface area contributed by atoms with E-state index in [0.29, 0.717) is 0 Å². The number of nitrogens with zero attached hydrogens (tertiary/aromatic N) is 2. The molecule has 0 unspecified atom stereocenters. The van der Waals surface area contributed by atoms with E-state index >= 15 is 0 Å². The molecule has 0 amide bonds. The SMILES string of the molecule is CCN1C=CN(C)C1.CCS(=O)(=O)O. The van der Waals surface area contributed by atoms with Gasteiger partial charge in [0.2, 0.25) is 0 Å². The van der Waals surface area contributed by atoms with Gasteiger partial charge in [0.15, 0.2) is 0 Å². The molecule has 0 atom stereocenters. The Morgan fingerprint density at radius 3 is 2.00 bits per heavy atom. The maximum Gasteiger partial charge on any atom is 0.264 e. The highest BCUT2D eigenvalue weighted by atomic mass is 32.2. The van der Waals surface area contributed by atoms with E-state index in [2.05, 4.69) is 36.2 Å². The summed E-state index contributed by atoms with van der Waals surface area (Å²) in [6.45, 7) is 5.69. The summed E-state index contributed by atoms with van der Waals surface area (Å²) in [4.78, 5) is 4.41. The second-order valence-corrected chi connectivity index (χ2v) is 4.71. The van der Waals surface area contributed by atoms with Gasteiger partial charge < -0.3 is 9.80 Å². The molecule has 0 radical (unpaired) electrons. The van der Waals surface area contributed by atoms with Gasteiger partial charge in [0.25, 0.3) is 10.1 Å². The summed E-state index contributed by atoms with van der Waals surface area (Å²) in [6, 6.07) is 0. The highest BCUT2D eigenvalue weighted by molar-refractivity contribution is 7.85. The predicted octanol–water partition coefficient (Wildman–Crippen LogP) is 0.577. The Balaban J connectivity index is 0.000000255. The van der Waals surface area contributed by atoms with Gasteiger partial charge in [-0.3, -0.25) is 4.55 Å². The molecular weight excluding hydrogens is 204 g/mol. The van der Waals surface area contributed by atoms with Crippen LogP contribution in [0.4, 0.5) is 0 Å². The van der Waals surface area contributed by atoms with E-state index in [4.69, 9.17) is 4.55 Å². The van der Waals surface area contributed by atoms with Crippen molar-refractivity contribution in [2.45, 2.75) is 13.8 Å². The van der Waals surface area contributed by atoms with Crippen LogP contribution >= 0.6 is 0 Å². The first-order valence-electron chi connectivity index (χ1n) is 4.46. The summed E-state index contributed by atoms with van der Waals surface area (Å²) in [7, 11) is -1.59. The van der Waals surface area contributed by atoms with E-state index in [1.807, 2.05) is 0 Å². The molecule has 0 aromatic carbocycles. The lowest BCUT2D eigenvalue weighted by Crippen LogP contribution is -2.21. The fourth-order valence-electron chi connectivity index (χ4n) is 0.794. The quantitative estimate of drug-likeness (QED) is 0.692. The summed E-state index contributed by atoms with van der Waals surface area (Å²) in [5.74, 6) is -0.201. The zero-order chi connectivity index (χ0) is 11.2. The largest absolute Gasteiger partial charge is 0.362 e. The van der Waals surface area contributed by atoms with E-state index in [1.165, 1.54) is 6.92 Å². The van der Waals surface area contributed by atoms with Gasteiger partial charge in [0, 0.05) is 26.0 Å². The lowest BCUT2D eigenvalue weighted by atomic mass is 10.6. The lowest BCUT2D eigenvalue weighted by Gasteiger charge is -2.14. The van der Waals surface area contributed by atoms with Crippen molar-refractivity contribution in [3.05, 3.63) is 12.4 Å². The van der Waals surface area contributed by atoms with E-state index in [0.717, 1.165) is 13.2 Å². The molecule has 0 aromatic heterocycles. The Morgan fingerprint density at radius 1 is 1.36 bits per heavy atom. The van der Waals surface area contributed by atoms with Crippen LogP contribution in [0, 0.1) is 0 Å². The van der Waals surface area contributed by atoms with Crippen molar-refractivity contribution in [3.8, 4) is 0 Å². The van der Waals surface area contributed by atoms with Gasteiger partial charge in [-0.2, -0.15) is 8.42 Å². The standard InChI is InChI=1S/C6H12N2.C2H6O3S/c1-3-8-5-4-7(2)6-8;1-2-6(3,4)5/h4-5H,3,6H2,1-2H3;2H2,1H3,(H,3,4,5). The van der Waals surface area contributed by atoms with Crippen LogP contribution in [0.1, 0.15) is 13.8 Å². The third-order valence-electron chi connectivity index (χ3n) is 1.71. The molecule has 5 nitrogen and oxygen atoms in total. The highest BCUT2D eigenvalue weighted by Crippen LogP contribution is 2.00. The van der Waals surface area contributed by atoms with Crippen molar-refractivity contribution in [3.63, 3.8) is 0 Å². The lowest BCUT2D eigenvalue weighted by molar-refractivity contribution is 0.308. The molecule has 1 aliphatic rings. The molecule has 0 aliphatic carbocycles. The van der Waals surface area contributed by atoms with Crippen molar-refractivity contribution < 1.29 is 13.0 Å². The molecule has 84 valence electrons. The molecule has 1 N–H and O–H groups in total. The molecule has 1 aliphatic heterocycles. The molecule has 0 bridgehead atoms. The minimum Gasteiger partial charge on any atom is -0.362 e. The van der Waals surface area contributed by atoms with Crippen molar-refractivity contribution >= 4 is 10.1 Å². The van der Waals surface area contributed by atoms with Gasteiger partial charge in [0.1, 0.15) is 0 Å². The summed E-state index contributed by atoms with van der Waals surface area (Å²) in [5, 5.41) is 0. The molecule has 1 rings (SSSR count). The first kappa shape index (κ1) is 13.2. The zero-order valence-electron chi connectivity index (χ0n) is 8.84. The van der Waals surface area contributed by atoms with Crippen LogP contribution in [-0.2, 0) is 10.1 Å². The maximum absolute atomic E-state index is 9.56. The third-order valence-corrected chi connectivity index (χ3v) is 2.44. The highest BCUT2D eigenvalue weighted by Gasteiger charge is 2.03. The predicted molar refractivity (Wildman–Crippen MR) is 56.2 cm³/mol. The van der Waals surface area contributed by atoms with Crippen molar-refractivity contribution in [1.82, 2.24) is 9.80 Å². The summed E-state index contributed by atoms with van der Waals surface area (Å²) in [6.07, 6.45) is 4.20. The summed E-state index contributed by atoms with van der Waals surface area (Å²) < 4.78 is 26.9. The second-order valence-electron chi connectivity index (χ2n) is 2.97. The maximum atomic E-state index is 9.56. The second kappa shape index (κ2) is 5.87. The summed E-state index contributed by atoms with van der Waals surface area (Å²) >= 11 is 0. The normalized spacial score (nSPS) is 15.4. The van der Waals surface area contributed by atoms with Crippen molar-refractivity contribution in [2.24, 2.45) is 0 Å². The molecule has 0 saturated carbocycles. The van der Waals surface area contributed by atoms with Crippen LogP contribution in [0.2, 0.25) is 0 Å². The van der Waals surface area contributed by atoms with Gasteiger partial charge in [-0.15, -0.1) is 0 Å². The van der Waals surface area contributed by atoms with E-state index in [-0.39, 0.29) is 5.75 Å². The fourth-order valence-corrected chi connectivity index (χ4v) is 0.794. The fraction of sp³-hybridized carbons (Fsp3) is 0.750. The Bertz CT molecular complexity index is 274. The van der Waals surface area contributed by atoms with Crippen LogP contribution in [0.25, 0.3) is 0 Å².